The summed E-state index contributed by atoms with van der Waals surface area (Å²) in [7, 11) is -0.881. The molecule has 4 aromatic carbocycles. The molecule has 6 rings (SSSR count). The summed E-state index contributed by atoms with van der Waals surface area (Å²) in [6.45, 7) is 43.7. The summed E-state index contributed by atoms with van der Waals surface area (Å²) in [5.74, 6) is 0. The van der Waals surface area contributed by atoms with Gasteiger partial charge in [0.05, 0.1) is 64.9 Å². The topological polar surface area (TPSA) is 281 Å². The van der Waals surface area contributed by atoms with Crippen LogP contribution in [0.15, 0.2) is 84.9 Å². The standard InChI is InChI=1S/C32H46BN3O8.C22H30BN3O4.C10H18O5.C2H6/c1-12-40-26(37)34-24-18-17-23(19-25(24)35-27(38)41-29(2,3)4)36(28(39)42-30(5,6)7)20-21-13-15-22(16-14-21)33-43-31(8,9)32(10,11)44-33;1-6-28-20(27)26-19-12-11-17(13-18(19)24)25-14-15-7-9-16(10-8-15)23-29-21(2,3)22(4,5)30-23;1-9(2,3)14-7(11)13-8(12)15-10(4,5)6;1-2/h13-19H,12,20H2,1-11H3,(H,34,37)(H,35,38);7-13,25H,6,14,24H2,1-5H3,(H,26,27);1-6H3;1-2H3/i;;;1D. The molecule has 6 N–H and O–H groups in total. The summed E-state index contributed by atoms with van der Waals surface area (Å²) in [5, 5.41) is 11.2. The van der Waals surface area contributed by atoms with Gasteiger partial charge in [0.2, 0.25) is 0 Å². The van der Waals surface area contributed by atoms with E-state index in [9.17, 15) is 28.8 Å². The molecule has 0 saturated carbocycles. The molecule has 91 heavy (non-hydrogen) atoms. The molecule has 2 aliphatic heterocycles. The maximum Gasteiger partial charge on any atom is 0.519 e. The van der Waals surface area contributed by atoms with E-state index >= 15 is 0 Å². The number of anilines is 6. The van der Waals surface area contributed by atoms with Crippen LogP contribution < -0.4 is 42.8 Å². The molecule has 25 heteroatoms. The van der Waals surface area contributed by atoms with Crippen molar-refractivity contribution in [2.24, 2.45) is 0 Å². The van der Waals surface area contributed by atoms with E-state index in [4.69, 9.17) is 54.1 Å². The Balaban J connectivity index is 0.000000395. The van der Waals surface area contributed by atoms with E-state index < -0.39 is 77.4 Å². The highest BCUT2D eigenvalue weighted by Gasteiger charge is 2.53. The van der Waals surface area contributed by atoms with Crippen LogP contribution in [0.1, 0.15) is 179 Å². The number of ether oxygens (including phenoxy) is 7. The number of hydrogen-bond donors (Lipinski definition) is 5. The van der Waals surface area contributed by atoms with Crippen LogP contribution in [0.3, 0.4) is 0 Å². The number of rotatable bonds is 13. The minimum Gasteiger partial charge on any atom is -0.450 e. The average molecular weight is 1270 g/mol. The Labute approximate surface area is 541 Å². The molecule has 0 radical (unpaired) electrons. The average Bonchev–Trinajstić information content (AvgIpc) is 1.61. The zero-order valence-corrected chi connectivity index (χ0v) is 57.7. The molecule has 2 saturated heterocycles. The molecule has 0 aliphatic carbocycles. The monoisotopic (exact) mass is 1270 g/mol. The molecule has 2 fully saturated rings. The Morgan fingerprint density at radius 2 is 0.901 bits per heavy atom. The first kappa shape index (κ1) is 75.7. The first-order valence-corrected chi connectivity index (χ1v) is 30.2. The summed E-state index contributed by atoms with van der Waals surface area (Å²) in [4.78, 5) is 73.4. The fraction of sp³-hybridized carbons (Fsp3) is 0.545. The molecular formula is C66H100B2N6O17. The predicted octanol–water partition coefficient (Wildman–Crippen LogP) is 14.5. The molecular weight excluding hydrogens is 1170 g/mol. The maximum atomic E-state index is 13.5. The van der Waals surface area contributed by atoms with Crippen LogP contribution in [0, 0.1) is 0 Å². The number of carbonyl (C=O) groups excluding carboxylic acids is 6. The number of nitrogen functional groups attached to an aromatic ring is 1. The van der Waals surface area contributed by atoms with Crippen molar-refractivity contribution in [3.63, 3.8) is 0 Å². The second-order valence-electron chi connectivity index (χ2n) is 27.0. The molecule has 23 nitrogen and oxygen atoms in total. The van der Waals surface area contributed by atoms with Crippen LogP contribution >= 0.6 is 0 Å². The van der Waals surface area contributed by atoms with Crippen molar-refractivity contribution in [2.75, 3.05) is 45.1 Å². The van der Waals surface area contributed by atoms with Gasteiger partial charge in [0, 0.05) is 19.3 Å². The van der Waals surface area contributed by atoms with E-state index in [0.717, 1.165) is 27.7 Å². The number of nitrogens with zero attached hydrogens (tertiary/aromatic N) is 1. The normalized spacial score (nSPS) is 15.4. The molecule has 2 heterocycles. The lowest BCUT2D eigenvalue weighted by Gasteiger charge is -2.32. The van der Waals surface area contributed by atoms with E-state index in [1.807, 2.05) is 110 Å². The highest BCUT2D eigenvalue weighted by molar-refractivity contribution is 6.62. The fourth-order valence-electron chi connectivity index (χ4n) is 7.77. The van der Waals surface area contributed by atoms with Crippen LogP contribution in [0.25, 0.3) is 0 Å². The van der Waals surface area contributed by atoms with Crippen LogP contribution in [-0.4, -0.2) is 109 Å². The van der Waals surface area contributed by atoms with Gasteiger partial charge in [-0.15, -0.1) is 0 Å². The Kier molecular flexibility index (Phi) is 26.6. The summed E-state index contributed by atoms with van der Waals surface area (Å²) >= 11 is 0. The third-order valence-electron chi connectivity index (χ3n) is 13.4. The lowest BCUT2D eigenvalue weighted by molar-refractivity contribution is -0.0294. The van der Waals surface area contributed by atoms with Crippen molar-refractivity contribution in [2.45, 2.75) is 224 Å². The van der Waals surface area contributed by atoms with Gasteiger partial charge in [0.25, 0.3) is 0 Å². The zero-order chi connectivity index (χ0) is 70.0. The lowest BCUT2D eigenvalue weighted by Crippen LogP contribution is -2.41. The Morgan fingerprint density at radius 1 is 0.516 bits per heavy atom. The molecule has 0 unspecified atom stereocenters. The summed E-state index contributed by atoms with van der Waals surface area (Å²) < 4.78 is 65.6. The summed E-state index contributed by atoms with van der Waals surface area (Å²) in [6, 6.07) is 25.9. The van der Waals surface area contributed by atoms with E-state index in [1.165, 1.54) is 4.90 Å². The largest absolute Gasteiger partial charge is 0.519 e. The van der Waals surface area contributed by atoms with Gasteiger partial charge in [-0.1, -0.05) is 62.4 Å². The van der Waals surface area contributed by atoms with Crippen LogP contribution in [0.2, 0.25) is 0 Å². The smallest absolute Gasteiger partial charge is 0.450 e. The van der Waals surface area contributed by atoms with E-state index in [2.05, 4.69) is 26.0 Å². The molecule has 4 amide bonds. The molecule has 2 aliphatic rings. The Bertz CT molecular complexity index is 3040. The number of nitrogens with one attached hydrogen (secondary N) is 4. The predicted molar refractivity (Wildman–Crippen MR) is 357 cm³/mol. The third-order valence-corrected chi connectivity index (χ3v) is 13.4. The molecule has 502 valence electrons. The number of benzene rings is 4. The SMILES string of the molecule is CC(C)(C)OC(=O)OC(=O)OC(C)(C)C.CCOC(=O)Nc1ccc(N(Cc2ccc(B3OC(C)(C)C(C)(C)O3)cc2)C(=O)OC(C)(C)C)cc1NC(=O)OC(C)(C)C.CCOC(=O)Nc1ccc(NCc2ccc(B3OC(C)(C)C(C)(C)O3)cc2)cc1N.[2H]CC. The van der Waals surface area contributed by atoms with Gasteiger partial charge < -0.3 is 62.8 Å². The van der Waals surface area contributed by atoms with Crippen molar-refractivity contribution in [1.82, 2.24) is 0 Å². The minimum atomic E-state index is -1.06. The number of nitrogens with two attached hydrogens (primary N) is 1. The Morgan fingerprint density at radius 3 is 1.30 bits per heavy atom. The molecule has 0 bridgehead atoms. The van der Waals surface area contributed by atoms with Gasteiger partial charge in [0.15, 0.2) is 0 Å². The van der Waals surface area contributed by atoms with Crippen molar-refractivity contribution in [1.29, 1.82) is 0 Å². The quantitative estimate of drug-likeness (QED) is 0.0273. The first-order valence-electron chi connectivity index (χ1n) is 30.9. The van der Waals surface area contributed by atoms with Gasteiger partial charge >= 0.3 is 50.9 Å². The highest BCUT2D eigenvalue weighted by Crippen LogP contribution is 2.38. The summed E-state index contributed by atoms with van der Waals surface area (Å²) in [5.41, 5.74) is 7.96. The number of carbonyl (C=O) groups is 6. The molecule has 0 spiro atoms. The third kappa shape index (κ3) is 25.8. The maximum absolute atomic E-state index is 13.5. The summed E-state index contributed by atoms with van der Waals surface area (Å²) in [6.07, 6.45) is -4.66. The van der Waals surface area contributed by atoms with Crippen molar-refractivity contribution in [3.05, 3.63) is 96.1 Å². The molecule has 0 aromatic heterocycles. The second kappa shape index (κ2) is 32.0. The number of amides is 4. The van der Waals surface area contributed by atoms with E-state index in [1.54, 1.807) is 134 Å². The lowest BCUT2D eigenvalue weighted by atomic mass is 9.79. The second-order valence-corrected chi connectivity index (χ2v) is 27.0. The van der Waals surface area contributed by atoms with Crippen molar-refractivity contribution in [3.8, 4) is 0 Å². The van der Waals surface area contributed by atoms with Crippen LogP contribution in [0.4, 0.5) is 62.9 Å². The van der Waals surface area contributed by atoms with Crippen molar-refractivity contribution < 1.29 is 81.9 Å². The molecule has 0 atom stereocenters. The van der Waals surface area contributed by atoms with Gasteiger partial charge in [-0.2, -0.15) is 0 Å². The van der Waals surface area contributed by atoms with Crippen LogP contribution in [0.5, 0.6) is 0 Å². The van der Waals surface area contributed by atoms with Gasteiger partial charge in [-0.25, -0.2) is 28.8 Å². The van der Waals surface area contributed by atoms with Crippen LogP contribution in [-0.2, 0) is 64.9 Å². The first-order chi connectivity index (χ1) is 42.2. The fourth-order valence-corrected chi connectivity index (χ4v) is 7.77. The van der Waals surface area contributed by atoms with Crippen molar-refractivity contribution >= 4 is 96.0 Å². The zero-order valence-electron chi connectivity index (χ0n) is 58.7. The van der Waals surface area contributed by atoms with E-state index in [0.29, 0.717) is 37.1 Å². The highest BCUT2D eigenvalue weighted by atomic mass is 16.8. The number of hydrogen-bond acceptors (Lipinski definition) is 19. The van der Waals surface area contributed by atoms with E-state index in [-0.39, 0.29) is 42.8 Å². The molecule has 4 aromatic rings. The van der Waals surface area contributed by atoms with Gasteiger partial charge in [0.1, 0.15) is 22.4 Å². The van der Waals surface area contributed by atoms with Gasteiger partial charge in [-0.3, -0.25) is 20.9 Å². The minimum absolute atomic E-state index is 0.148. The Hall–Kier alpha value is -7.73. The van der Waals surface area contributed by atoms with Gasteiger partial charge in [-0.05, 0) is 211 Å².